The van der Waals surface area contributed by atoms with E-state index in [0.717, 1.165) is 17.7 Å². The Morgan fingerprint density at radius 2 is 1.57 bits per heavy atom. The molecule has 21 heavy (non-hydrogen) atoms. The molecule has 0 amide bonds. The standard InChI is InChI=1S/C15H11F4NO/c16-14-7-3-12(4-8-14)10-21-20-9-11-1-5-13(6-2-11)15(17,18)19/h1-9H,10H2. The van der Waals surface area contributed by atoms with E-state index in [0.29, 0.717) is 5.56 Å². The second-order valence-corrected chi connectivity index (χ2v) is 4.25. The van der Waals surface area contributed by atoms with Crippen molar-refractivity contribution in [3.05, 3.63) is 71.0 Å². The lowest BCUT2D eigenvalue weighted by Gasteiger charge is -2.05. The predicted octanol–water partition coefficient (Wildman–Crippen LogP) is 4.40. The van der Waals surface area contributed by atoms with Crippen molar-refractivity contribution in [2.75, 3.05) is 0 Å². The highest BCUT2D eigenvalue weighted by molar-refractivity contribution is 5.79. The third kappa shape index (κ3) is 4.59. The van der Waals surface area contributed by atoms with Gasteiger partial charge in [0.25, 0.3) is 0 Å². The number of nitrogens with zero attached hydrogens (tertiary/aromatic N) is 1. The van der Waals surface area contributed by atoms with Crippen molar-refractivity contribution in [3.63, 3.8) is 0 Å². The van der Waals surface area contributed by atoms with Gasteiger partial charge in [0.05, 0.1) is 11.8 Å². The lowest BCUT2D eigenvalue weighted by molar-refractivity contribution is -0.137. The third-order valence-electron chi connectivity index (χ3n) is 2.66. The zero-order valence-corrected chi connectivity index (χ0v) is 10.8. The SMILES string of the molecule is Fc1ccc(CON=Cc2ccc(C(F)(F)F)cc2)cc1. The van der Waals surface area contributed by atoms with Gasteiger partial charge in [0.15, 0.2) is 0 Å². The number of hydrogen-bond acceptors (Lipinski definition) is 2. The van der Waals surface area contributed by atoms with E-state index in [-0.39, 0.29) is 12.4 Å². The monoisotopic (exact) mass is 297 g/mol. The van der Waals surface area contributed by atoms with Crippen LogP contribution in [0.2, 0.25) is 0 Å². The van der Waals surface area contributed by atoms with Crippen LogP contribution >= 0.6 is 0 Å². The summed E-state index contributed by atoms with van der Waals surface area (Å²) in [5.74, 6) is -0.341. The van der Waals surface area contributed by atoms with Gasteiger partial charge in [-0.05, 0) is 35.4 Å². The highest BCUT2D eigenvalue weighted by Gasteiger charge is 2.29. The van der Waals surface area contributed by atoms with E-state index in [1.807, 2.05) is 0 Å². The number of alkyl halides is 3. The summed E-state index contributed by atoms with van der Waals surface area (Å²) >= 11 is 0. The molecular formula is C15H11F4NO. The van der Waals surface area contributed by atoms with E-state index < -0.39 is 11.7 Å². The number of oxime groups is 1. The summed E-state index contributed by atoms with van der Waals surface area (Å²) in [6.07, 6.45) is -3.04. The van der Waals surface area contributed by atoms with Crippen LogP contribution in [0.4, 0.5) is 17.6 Å². The number of rotatable bonds is 4. The Morgan fingerprint density at radius 1 is 0.952 bits per heavy atom. The number of halogens is 4. The van der Waals surface area contributed by atoms with Crippen molar-refractivity contribution in [2.24, 2.45) is 5.16 Å². The van der Waals surface area contributed by atoms with Crippen LogP contribution in [0.5, 0.6) is 0 Å². The molecule has 2 aromatic rings. The van der Waals surface area contributed by atoms with Gasteiger partial charge >= 0.3 is 6.18 Å². The number of benzene rings is 2. The summed E-state index contributed by atoms with van der Waals surface area (Å²) in [4.78, 5) is 4.99. The fraction of sp³-hybridized carbons (Fsp3) is 0.133. The first-order chi connectivity index (χ1) is 9.95. The highest BCUT2D eigenvalue weighted by atomic mass is 19.4. The largest absolute Gasteiger partial charge is 0.416 e. The van der Waals surface area contributed by atoms with Gasteiger partial charge in [-0.3, -0.25) is 0 Å². The summed E-state index contributed by atoms with van der Waals surface area (Å²) in [6.45, 7) is 0.150. The van der Waals surface area contributed by atoms with Crippen molar-refractivity contribution < 1.29 is 22.4 Å². The fourth-order valence-electron chi connectivity index (χ4n) is 1.55. The molecule has 0 fully saturated rings. The minimum absolute atomic E-state index is 0.150. The van der Waals surface area contributed by atoms with Crippen LogP contribution in [0.15, 0.2) is 53.7 Å². The van der Waals surface area contributed by atoms with Gasteiger partial charge in [-0.1, -0.05) is 29.4 Å². The van der Waals surface area contributed by atoms with E-state index in [2.05, 4.69) is 5.16 Å². The second-order valence-electron chi connectivity index (χ2n) is 4.25. The second kappa shape index (κ2) is 6.39. The quantitative estimate of drug-likeness (QED) is 0.466. The maximum absolute atomic E-state index is 12.7. The molecule has 0 aliphatic heterocycles. The first-order valence-electron chi connectivity index (χ1n) is 6.02. The van der Waals surface area contributed by atoms with Gasteiger partial charge in [-0.25, -0.2) is 4.39 Å². The fourth-order valence-corrected chi connectivity index (χ4v) is 1.55. The van der Waals surface area contributed by atoms with Gasteiger partial charge in [0.1, 0.15) is 12.4 Å². The third-order valence-corrected chi connectivity index (χ3v) is 2.66. The van der Waals surface area contributed by atoms with E-state index in [1.165, 1.54) is 30.5 Å². The average molecular weight is 297 g/mol. The molecular weight excluding hydrogens is 286 g/mol. The van der Waals surface area contributed by atoms with Crippen molar-refractivity contribution in [1.82, 2.24) is 0 Å². The summed E-state index contributed by atoms with van der Waals surface area (Å²) < 4.78 is 49.7. The molecule has 0 aromatic heterocycles. The minimum Gasteiger partial charge on any atom is -0.391 e. The minimum atomic E-state index is -4.35. The van der Waals surface area contributed by atoms with Crippen molar-refractivity contribution in [3.8, 4) is 0 Å². The number of hydrogen-bond donors (Lipinski definition) is 0. The highest BCUT2D eigenvalue weighted by Crippen LogP contribution is 2.28. The molecule has 0 radical (unpaired) electrons. The van der Waals surface area contributed by atoms with E-state index >= 15 is 0 Å². The van der Waals surface area contributed by atoms with Gasteiger partial charge < -0.3 is 4.84 Å². The zero-order chi connectivity index (χ0) is 15.3. The Labute approximate surface area is 118 Å². The van der Waals surface area contributed by atoms with E-state index in [1.54, 1.807) is 12.1 Å². The summed E-state index contributed by atoms with van der Waals surface area (Å²) in [5, 5.41) is 3.65. The Balaban J connectivity index is 1.88. The average Bonchev–Trinajstić information content (AvgIpc) is 2.45. The predicted molar refractivity (Wildman–Crippen MR) is 70.2 cm³/mol. The lowest BCUT2D eigenvalue weighted by atomic mass is 10.1. The Morgan fingerprint density at radius 3 is 2.14 bits per heavy atom. The molecule has 110 valence electrons. The lowest BCUT2D eigenvalue weighted by Crippen LogP contribution is -2.04. The van der Waals surface area contributed by atoms with Crippen LogP contribution in [0.25, 0.3) is 0 Å². The van der Waals surface area contributed by atoms with Crippen LogP contribution in [0.1, 0.15) is 16.7 Å². The van der Waals surface area contributed by atoms with E-state index in [9.17, 15) is 17.6 Å². The molecule has 0 saturated heterocycles. The van der Waals surface area contributed by atoms with Crippen LogP contribution in [-0.4, -0.2) is 6.21 Å². The smallest absolute Gasteiger partial charge is 0.391 e. The van der Waals surface area contributed by atoms with Gasteiger partial charge in [0, 0.05) is 0 Å². The van der Waals surface area contributed by atoms with Crippen molar-refractivity contribution in [1.29, 1.82) is 0 Å². The molecule has 0 N–H and O–H groups in total. The molecule has 0 saturated carbocycles. The van der Waals surface area contributed by atoms with Crippen LogP contribution in [-0.2, 0) is 17.6 Å². The Bertz CT molecular complexity index is 603. The molecule has 0 unspecified atom stereocenters. The summed E-state index contributed by atoms with van der Waals surface area (Å²) in [6, 6.07) is 10.3. The maximum Gasteiger partial charge on any atom is 0.416 e. The Hall–Kier alpha value is -2.37. The summed E-state index contributed by atoms with van der Waals surface area (Å²) in [5.41, 5.74) is 0.509. The maximum atomic E-state index is 12.7. The molecule has 0 spiro atoms. The molecule has 0 aliphatic rings. The normalized spacial score (nSPS) is 11.8. The van der Waals surface area contributed by atoms with E-state index in [4.69, 9.17) is 4.84 Å². The molecule has 2 nitrogen and oxygen atoms in total. The molecule has 0 heterocycles. The van der Waals surface area contributed by atoms with Gasteiger partial charge in [-0.2, -0.15) is 13.2 Å². The zero-order valence-electron chi connectivity index (χ0n) is 10.8. The summed E-state index contributed by atoms with van der Waals surface area (Å²) in [7, 11) is 0. The molecule has 0 bridgehead atoms. The topological polar surface area (TPSA) is 21.6 Å². The molecule has 0 atom stereocenters. The van der Waals surface area contributed by atoms with Gasteiger partial charge in [0.2, 0.25) is 0 Å². The van der Waals surface area contributed by atoms with Gasteiger partial charge in [-0.15, -0.1) is 0 Å². The first kappa shape index (κ1) is 15.0. The molecule has 2 rings (SSSR count). The van der Waals surface area contributed by atoms with Crippen LogP contribution in [0, 0.1) is 5.82 Å². The molecule has 0 aliphatic carbocycles. The Kier molecular flexibility index (Phi) is 4.57. The van der Waals surface area contributed by atoms with Crippen molar-refractivity contribution >= 4 is 6.21 Å². The van der Waals surface area contributed by atoms with Crippen LogP contribution in [0.3, 0.4) is 0 Å². The van der Waals surface area contributed by atoms with Crippen LogP contribution < -0.4 is 0 Å². The molecule has 6 heteroatoms. The first-order valence-corrected chi connectivity index (χ1v) is 6.02. The van der Waals surface area contributed by atoms with Crippen molar-refractivity contribution in [2.45, 2.75) is 12.8 Å². The molecule has 2 aromatic carbocycles.